The largest absolute Gasteiger partial charge is 0.490 e. The van der Waals surface area contributed by atoms with Crippen molar-refractivity contribution in [2.24, 2.45) is 0 Å². The van der Waals surface area contributed by atoms with Gasteiger partial charge in [-0.1, -0.05) is 0 Å². The van der Waals surface area contributed by atoms with E-state index in [1.165, 1.54) is 0 Å². The Morgan fingerprint density at radius 3 is 2.00 bits per heavy atom. The third-order valence-electron chi connectivity index (χ3n) is 0.879. The number of hydrogen-bond donors (Lipinski definition) is 0. The molecule has 0 aromatic heterocycles. The summed E-state index contributed by atoms with van der Waals surface area (Å²) in [5.41, 5.74) is 0. The highest BCUT2D eigenvalue weighted by Gasteiger charge is 2.41. The molecule has 0 radical (unpaired) electrons. The Balaban J connectivity index is 3.84. The van der Waals surface area contributed by atoms with Gasteiger partial charge in [0.15, 0.2) is 6.17 Å². The van der Waals surface area contributed by atoms with E-state index in [-0.39, 0.29) is 0 Å². The van der Waals surface area contributed by atoms with Crippen LogP contribution >= 0.6 is 0 Å². The molecule has 0 amide bonds. The Labute approximate surface area is 68.5 Å². The molecule has 0 aromatic carbocycles. The van der Waals surface area contributed by atoms with Crippen molar-refractivity contribution in [1.29, 1.82) is 0 Å². The highest BCUT2D eigenvalue weighted by molar-refractivity contribution is 5.75. The quantitative estimate of drug-likeness (QED) is 0.523. The molecular weight excluding hydrogens is 206 g/mol. The van der Waals surface area contributed by atoms with Crippen LogP contribution in [0.4, 0.5) is 26.3 Å². The average Bonchev–Trinajstić information content (AvgIpc) is 1.97. The normalized spacial score (nSPS) is 14.4. The molecule has 0 saturated carbocycles. The second-order valence-corrected chi connectivity index (χ2v) is 1.95. The molecule has 1 unspecified atom stereocenters. The summed E-state index contributed by atoms with van der Waals surface area (Å²) in [6, 6.07) is 0. The van der Waals surface area contributed by atoms with Crippen LogP contribution in [0.15, 0.2) is 0 Å². The summed E-state index contributed by atoms with van der Waals surface area (Å²) in [4.78, 5) is 9.83. The number of hydrogen-bond acceptors (Lipinski definition) is 2. The Kier molecular flexibility index (Phi) is 4.02. The third kappa shape index (κ3) is 4.58. The minimum absolute atomic E-state index is 1.60. The lowest BCUT2D eigenvalue weighted by Crippen LogP contribution is -2.29. The summed E-state index contributed by atoms with van der Waals surface area (Å²) < 4.78 is 71.7. The Hall–Kier alpha value is -0.950. The zero-order valence-electron chi connectivity index (χ0n) is 5.95. The van der Waals surface area contributed by atoms with E-state index in [1.807, 2.05) is 0 Å². The fourth-order valence-electron chi connectivity index (χ4n) is 0.310. The fraction of sp³-hybridized carbons (Fsp3) is 0.800. The van der Waals surface area contributed by atoms with Crippen LogP contribution in [-0.2, 0) is 9.53 Å². The smallest absolute Gasteiger partial charge is 0.456 e. The number of esters is 1. The molecule has 0 heterocycles. The Morgan fingerprint density at radius 2 is 1.69 bits per heavy atom. The van der Waals surface area contributed by atoms with Crippen molar-refractivity contribution in [2.75, 3.05) is 6.61 Å². The summed E-state index contributed by atoms with van der Waals surface area (Å²) >= 11 is 0. The van der Waals surface area contributed by atoms with Crippen LogP contribution in [0.5, 0.6) is 0 Å². The SMILES string of the molecule is O=C(OCC(F)C(F)F)C(F)(F)F. The van der Waals surface area contributed by atoms with Crippen LogP contribution < -0.4 is 0 Å². The molecule has 0 aliphatic carbocycles. The zero-order valence-corrected chi connectivity index (χ0v) is 5.95. The van der Waals surface area contributed by atoms with Gasteiger partial charge in [0.1, 0.15) is 6.61 Å². The van der Waals surface area contributed by atoms with E-state index in [4.69, 9.17) is 0 Å². The van der Waals surface area contributed by atoms with Crippen LogP contribution in [0.25, 0.3) is 0 Å². The highest BCUT2D eigenvalue weighted by Crippen LogP contribution is 2.17. The Morgan fingerprint density at radius 1 is 1.23 bits per heavy atom. The molecule has 1 atom stereocenters. The van der Waals surface area contributed by atoms with E-state index in [0.717, 1.165) is 0 Å². The molecule has 0 bridgehead atoms. The minimum atomic E-state index is -5.29. The van der Waals surface area contributed by atoms with Gasteiger partial charge in [0.25, 0.3) is 6.43 Å². The molecule has 0 N–H and O–H groups in total. The van der Waals surface area contributed by atoms with E-state index in [0.29, 0.717) is 0 Å². The number of carbonyl (C=O) groups is 1. The average molecular weight is 210 g/mol. The number of carbonyl (C=O) groups excluding carboxylic acids is 1. The number of rotatable bonds is 3. The van der Waals surface area contributed by atoms with Crippen LogP contribution in [0.2, 0.25) is 0 Å². The van der Waals surface area contributed by atoms with Gasteiger partial charge in [-0.05, 0) is 0 Å². The van der Waals surface area contributed by atoms with Crippen molar-refractivity contribution >= 4 is 5.97 Å². The van der Waals surface area contributed by atoms with E-state index in [9.17, 15) is 31.1 Å². The van der Waals surface area contributed by atoms with Gasteiger partial charge in [0, 0.05) is 0 Å². The van der Waals surface area contributed by atoms with E-state index >= 15 is 0 Å². The second-order valence-electron chi connectivity index (χ2n) is 1.95. The molecule has 13 heavy (non-hydrogen) atoms. The molecular formula is C5H4F6O2. The first-order valence-corrected chi connectivity index (χ1v) is 2.91. The predicted molar refractivity (Wildman–Crippen MR) is 27.9 cm³/mol. The van der Waals surface area contributed by atoms with Crippen molar-refractivity contribution in [3.05, 3.63) is 0 Å². The van der Waals surface area contributed by atoms with Gasteiger partial charge >= 0.3 is 12.1 Å². The van der Waals surface area contributed by atoms with Gasteiger partial charge in [0.05, 0.1) is 0 Å². The van der Waals surface area contributed by atoms with Gasteiger partial charge in [0.2, 0.25) is 0 Å². The molecule has 78 valence electrons. The second kappa shape index (κ2) is 4.33. The van der Waals surface area contributed by atoms with Crippen LogP contribution in [-0.4, -0.2) is 31.3 Å². The molecule has 0 rings (SSSR count). The number of ether oxygens (including phenoxy) is 1. The van der Waals surface area contributed by atoms with Crippen molar-refractivity contribution in [1.82, 2.24) is 0 Å². The number of alkyl halides is 6. The Bertz CT molecular complexity index is 176. The maximum atomic E-state index is 11.9. The lowest BCUT2D eigenvalue weighted by Gasteiger charge is -2.09. The molecule has 0 aliphatic heterocycles. The molecule has 8 heteroatoms. The zero-order chi connectivity index (χ0) is 10.6. The van der Waals surface area contributed by atoms with Crippen molar-refractivity contribution in [3.8, 4) is 0 Å². The van der Waals surface area contributed by atoms with E-state index in [1.54, 1.807) is 0 Å². The fourth-order valence-corrected chi connectivity index (χ4v) is 0.310. The van der Waals surface area contributed by atoms with E-state index in [2.05, 4.69) is 4.74 Å². The van der Waals surface area contributed by atoms with Crippen molar-refractivity contribution in [2.45, 2.75) is 18.8 Å². The maximum absolute atomic E-state index is 11.9. The summed E-state index contributed by atoms with van der Waals surface area (Å²) in [5.74, 6) is -2.68. The predicted octanol–water partition coefficient (Wildman–Crippen LogP) is 1.70. The van der Waals surface area contributed by atoms with Gasteiger partial charge in [-0.25, -0.2) is 18.0 Å². The monoisotopic (exact) mass is 210 g/mol. The summed E-state index contributed by atoms with van der Waals surface area (Å²) in [7, 11) is 0. The highest BCUT2D eigenvalue weighted by atomic mass is 19.4. The standard InChI is InChI=1S/C5H4F6O2/c6-2(3(7)8)1-13-4(12)5(9,10)11/h2-3H,1H2. The summed E-state index contributed by atoms with van der Waals surface area (Å²) in [6.45, 7) is -1.60. The first-order chi connectivity index (χ1) is 5.75. The van der Waals surface area contributed by atoms with Crippen LogP contribution in [0.3, 0.4) is 0 Å². The molecule has 2 nitrogen and oxygen atoms in total. The molecule has 0 spiro atoms. The van der Waals surface area contributed by atoms with Crippen LogP contribution in [0.1, 0.15) is 0 Å². The van der Waals surface area contributed by atoms with Gasteiger partial charge in [-0.2, -0.15) is 13.2 Å². The molecule has 0 aliphatic rings. The topological polar surface area (TPSA) is 26.3 Å². The van der Waals surface area contributed by atoms with Gasteiger partial charge in [-0.3, -0.25) is 0 Å². The first kappa shape index (κ1) is 12.0. The molecule has 0 fully saturated rings. The summed E-state index contributed by atoms with van der Waals surface area (Å²) in [6.07, 6.45) is -11.7. The molecule has 0 aromatic rings. The van der Waals surface area contributed by atoms with Crippen LogP contribution in [0, 0.1) is 0 Å². The van der Waals surface area contributed by atoms with Gasteiger partial charge in [-0.15, -0.1) is 0 Å². The summed E-state index contributed by atoms with van der Waals surface area (Å²) in [5, 5.41) is 0. The van der Waals surface area contributed by atoms with Gasteiger partial charge < -0.3 is 4.74 Å². The third-order valence-corrected chi connectivity index (χ3v) is 0.879. The number of halogens is 6. The van der Waals surface area contributed by atoms with E-state index < -0.39 is 31.3 Å². The van der Waals surface area contributed by atoms with Crippen molar-refractivity contribution < 1.29 is 35.9 Å². The molecule has 0 saturated heterocycles. The minimum Gasteiger partial charge on any atom is -0.456 e. The van der Waals surface area contributed by atoms with Crippen molar-refractivity contribution in [3.63, 3.8) is 0 Å². The lowest BCUT2D eigenvalue weighted by atomic mass is 10.4. The first-order valence-electron chi connectivity index (χ1n) is 2.91. The maximum Gasteiger partial charge on any atom is 0.490 e. The lowest BCUT2D eigenvalue weighted by molar-refractivity contribution is -0.202.